The lowest BCUT2D eigenvalue weighted by Gasteiger charge is -2.43. The van der Waals surface area contributed by atoms with Gasteiger partial charge in [-0.3, -0.25) is 28.6 Å². The van der Waals surface area contributed by atoms with E-state index in [9.17, 15) is 19.1 Å². The van der Waals surface area contributed by atoms with E-state index < -0.39 is 11.4 Å². The maximum Gasteiger partial charge on any atom is 0.262 e. The summed E-state index contributed by atoms with van der Waals surface area (Å²) in [7, 11) is 0. The van der Waals surface area contributed by atoms with Crippen molar-refractivity contribution >= 4 is 51.5 Å². The molecule has 2 saturated heterocycles. The minimum atomic E-state index is -1.22. The first-order valence-electron chi connectivity index (χ1n) is 17.9. The molecule has 2 fully saturated rings. The normalized spacial score (nSPS) is 19.0. The summed E-state index contributed by atoms with van der Waals surface area (Å²) in [6, 6.07) is 20.0. The molecule has 2 aliphatic heterocycles. The van der Waals surface area contributed by atoms with E-state index in [-0.39, 0.29) is 51.1 Å². The van der Waals surface area contributed by atoms with E-state index in [1.54, 1.807) is 17.4 Å². The van der Waals surface area contributed by atoms with Crippen LogP contribution in [0.4, 0.5) is 4.39 Å². The van der Waals surface area contributed by atoms with Gasteiger partial charge in [0.05, 0.1) is 28.2 Å². The van der Waals surface area contributed by atoms with Crippen LogP contribution in [0.5, 0.6) is 0 Å². The molecule has 2 aromatic carbocycles. The Labute approximate surface area is 325 Å². The number of pyridine rings is 1. The number of halogens is 3. The molecule has 1 N–H and O–H groups in total. The van der Waals surface area contributed by atoms with Crippen LogP contribution >= 0.6 is 34.5 Å². The molecule has 0 unspecified atom stereocenters. The summed E-state index contributed by atoms with van der Waals surface area (Å²) < 4.78 is 17.1. The Balaban J connectivity index is 0.937. The average Bonchev–Trinajstić information content (AvgIpc) is 3.78. The number of aryl methyl sites for hydroxylation is 1. The van der Waals surface area contributed by atoms with Gasteiger partial charge in [-0.25, -0.2) is 14.4 Å². The molecule has 0 saturated carbocycles. The molecule has 14 heteroatoms. The number of amides is 1. The minimum Gasteiger partial charge on any atom is -0.388 e. The van der Waals surface area contributed by atoms with E-state index in [4.69, 9.17) is 23.2 Å². The van der Waals surface area contributed by atoms with Crippen molar-refractivity contribution in [2.45, 2.75) is 50.8 Å². The molecule has 54 heavy (non-hydrogen) atoms. The molecule has 4 aromatic heterocycles. The van der Waals surface area contributed by atoms with Crippen molar-refractivity contribution < 1.29 is 14.3 Å². The van der Waals surface area contributed by atoms with Crippen LogP contribution in [-0.2, 0) is 17.9 Å². The molecule has 10 nitrogen and oxygen atoms in total. The number of hydrogen-bond acceptors (Lipinski definition) is 8. The summed E-state index contributed by atoms with van der Waals surface area (Å²) in [4.78, 5) is 46.9. The SMILES string of the molecule is Cc1ccc(-c2ncc(CN3CC[C@@H](C(=O)N4CCC(O)(Cn5cnc6c(cc(Cl)n6-c6ccc(Cl)c(F)c6)c5=O)CC4)[C@H](c4ccccc4)C3)s2)cn1. The van der Waals surface area contributed by atoms with E-state index >= 15 is 0 Å². The summed E-state index contributed by atoms with van der Waals surface area (Å²) in [5.41, 5.74) is 2.18. The van der Waals surface area contributed by atoms with Crippen molar-refractivity contribution in [1.29, 1.82) is 0 Å². The van der Waals surface area contributed by atoms with Gasteiger partial charge in [0, 0.05) is 66.5 Å². The fourth-order valence-electron chi connectivity index (χ4n) is 7.75. The third-order valence-electron chi connectivity index (χ3n) is 10.7. The zero-order valence-corrected chi connectivity index (χ0v) is 31.9. The number of aromatic nitrogens is 5. The van der Waals surface area contributed by atoms with Gasteiger partial charge in [0.15, 0.2) is 5.65 Å². The molecular formula is C40H38Cl2FN7O3S. The molecule has 0 spiro atoms. The Morgan fingerprint density at radius 3 is 2.54 bits per heavy atom. The van der Waals surface area contributed by atoms with E-state index in [0.29, 0.717) is 31.6 Å². The number of fused-ring (bicyclic) bond motifs is 1. The summed E-state index contributed by atoms with van der Waals surface area (Å²) in [5.74, 6) is -0.691. The molecule has 278 valence electrons. The number of thiazole rings is 1. The van der Waals surface area contributed by atoms with Crippen LogP contribution in [0.25, 0.3) is 27.3 Å². The Bertz CT molecular complexity index is 2380. The molecular weight excluding hydrogens is 748 g/mol. The number of rotatable bonds is 8. The zero-order valence-electron chi connectivity index (χ0n) is 29.5. The molecule has 0 aliphatic carbocycles. The second-order valence-corrected chi connectivity index (χ2v) is 16.2. The molecule has 0 radical (unpaired) electrons. The summed E-state index contributed by atoms with van der Waals surface area (Å²) in [5, 5.41) is 13.0. The lowest BCUT2D eigenvalue weighted by atomic mass is 9.79. The number of carbonyl (C=O) groups is 1. The van der Waals surface area contributed by atoms with Gasteiger partial charge in [0.1, 0.15) is 22.3 Å². The lowest BCUT2D eigenvalue weighted by molar-refractivity contribution is -0.142. The highest BCUT2D eigenvalue weighted by atomic mass is 35.5. The van der Waals surface area contributed by atoms with Gasteiger partial charge in [-0.1, -0.05) is 53.5 Å². The average molecular weight is 787 g/mol. The van der Waals surface area contributed by atoms with Gasteiger partial charge < -0.3 is 10.0 Å². The number of aliphatic hydroxyl groups is 1. The zero-order chi connectivity index (χ0) is 37.6. The van der Waals surface area contributed by atoms with Gasteiger partial charge >= 0.3 is 0 Å². The Morgan fingerprint density at radius 2 is 1.80 bits per heavy atom. The van der Waals surface area contributed by atoms with Crippen molar-refractivity contribution in [2.24, 2.45) is 5.92 Å². The number of carbonyl (C=O) groups excluding carboxylic acids is 1. The van der Waals surface area contributed by atoms with Crippen LogP contribution in [-0.4, -0.2) is 76.7 Å². The molecule has 0 bridgehead atoms. The first kappa shape index (κ1) is 36.5. The lowest BCUT2D eigenvalue weighted by Crippen LogP contribution is -2.53. The maximum atomic E-state index is 14.2. The summed E-state index contributed by atoms with van der Waals surface area (Å²) >= 11 is 14.0. The first-order chi connectivity index (χ1) is 26.0. The van der Waals surface area contributed by atoms with Gasteiger partial charge in [-0.05, 0) is 74.7 Å². The van der Waals surface area contributed by atoms with Crippen molar-refractivity contribution in [3.63, 3.8) is 0 Å². The number of likely N-dealkylation sites (tertiary alicyclic amines) is 2. The monoisotopic (exact) mass is 785 g/mol. The Kier molecular flexibility index (Phi) is 10.1. The first-order valence-corrected chi connectivity index (χ1v) is 19.5. The second kappa shape index (κ2) is 15.0. The number of benzene rings is 2. The fraction of sp³-hybridized carbons (Fsp3) is 0.325. The van der Waals surface area contributed by atoms with E-state index in [2.05, 4.69) is 38.1 Å². The fourth-order valence-corrected chi connectivity index (χ4v) is 9.10. The van der Waals surface area contributed by atoms with Crippen LogP contribution in [0.3, 0.4) is 0 Å². The van der Waals surface area contributed by atoms with Gasteiger partial charge in [-0.15, -0.1) is 11.3 Å². The van der Waals surface area contributed by atoms with Crippen LogP contribution in [0.2, 0.25) is 10.2 Å². The molecule has 6 aromatic rings. The molecule has 6 heterocycles. The summed E-state index contributed by atoms with van der Waals surface area (Å²) in [6.45, 7) is 5.03. The highest BCUT2D eigenvalue weighted by Gasteiger charge is 2.41. The highest BCUT2D eigenvalue weighted by Crippen LogP contribution is 2.37. The quantitative estimate of drug-likeness (QED) is 0.175. The van der Waals surface area contributed by atoms with Crippen molar-refractivity contribution in [3.05, 3.63) is 128 Å². The standard InChI is InChI=1S/C40H38Cl2FN7O3S/c1-25-7-8-27(19-44-25)37-45-20-29(54-37)21-47-14-11-30(32(22-47)26-5-3-2-4-6-26)38(51)48-15-12-40(53,13-16-48)23-49-24-46-36-31(39(49)52)18-35(42)50(36)28-9-10-33(41)34(43)17-28/h2-10,17-20,24,30,32,53H,11-16,21-23H2,1H3/t30-,32+/m1/s1. The van der Waals surface area contributed by atoms with Crippen molar-refractivity contribution in [1.82, 2.24) is 33.9 Å². The summed E-state index contributed by atoms with van der Waals surface area (Å²) in [6.07, 6.45) is 6.54. The van der Waals surface area contributed by atoms with Crippen molar-refractivity contribution in [3.8, 4) is 16.3 Å². The third kappa shape index (κ3) is 7.33. The number of nitrogens with zero attached hydrogens (tertiary/aromatic N) is 7. The number of piperidine rings is 2. The predicted octanol–water partition coefficient (Wildman–Crippen LogP) is 7.12. The molecule has 2 atom stereocenters. The van der Waals surface area contributed by atoms with Crippen LogP contribution in [0.1, 0.15) is 41.3 Å². The van der Waals surface area contributed by atoms with Crippen LogP contribution < -0.4 is 5.56 Å². The van der Waals surface area contributed by atoms with Gasteiger partial charge in [-0.2, -0.15) is 0 Å². The Morgan fingerprint density at radius 1 is 1.00 bits per heavy atom. The largest absolute Gasteiger partial charge is 0.388 e. The maximum absolute atomic E-state index is 14.2. The Hall–Kier alpha value is -4.46. The van der Waals surface area contributed by atoms with Crippen LogP contribution in [0, 0.1) is 18.7 Å². The molecule has 1 amide bonds. The van der Waals surface area contributed by atoms with E-state index in [0.717, 1.165) is 47.9 Å². The smallest absolute Gasteiger partial charge is 0.262 e. The minimum absolute atomic E-state index is 0.0138. The van der Waals surface area contributed by atoms with Gasteiger partial charge in [0.25, 0.3) is 5.56 Å². The van der Waals surface area contributed by atoms with E-state index in [1.807, 2.05) is 48.5 Å². The van der Waals surface area contributed by atoms with Crippen molar-refractivity contribution in [2.75, 3.05) is 26.2 Å². The molecule has 8 rings (SSSR count). The van der Waals surface area contributed by atoms with Gasteiger partial charge in [0.2, 0.25) is 5.91 Å². The second-order valence-electron chi connectivity index (χ2n) is 14.3. The van der Waals surface area contributed by atoms with E-state index in [1.165, 1.54) is 38.5 Å². The topological polar surface area (TPSA) is 109 Å². The van der Waals surface area contributed by atoms with Crippen LogP contribution in [0.15, 0.2) is 90.2 Å². The number of hydrogen-bond donors (Lipinski definition) is 1. The molecule has 2 aliphatic rings. The third-order valence-corrected chi connectivity index (χ3v) is 12.3. The highest BCUT2D eigenvalue weighted by molar-refractivity contribution is 7.15. The predicted molar refractivity (Wildman–Crippen MR) is 209 cm³/mol.